The number of nitrogens with one attached hydrogen (secondary N) is 2. The number of rotatable bonds is 4. The van der Waals surface area contributed by atoms with Gasteiger partial charge >= 0.3 is 5.69 Å². The van der Waals surface area contributed by atoms with Crippen LogP contribution in [-0.4, -0.2) is 29.2 Å². The van der Waals surface area contributed by atoms with Gasteiger partial charge in [0.15, 0.2) is 0 Å². The van der Waals surface area contributed by atoms with E-state index < -0.39 is 11.6 Å². The van der Waals surface area contributed by atoms with Crippen molar-refractivity contribution in [1.29, 1.82) is 0 Å². The normalized spacial score (nSPS) is 10.6. The molecular weight excluding hydrogens is 272 g/mol. The monoisotopic (exact) mass is 286 g/mol. The van der Waals surface area contributed by atoms with E-state index in [1.807, 2.05) is 12.1 Å². The van der Waals surface area contributed by atoms with E-state index in [1.165, 1.54) is 12.3 Å². The first kappa shape index (κ1) is 14.4. The molecule has 21 heavy (non-hydrogen) atoms. The second kappa shape index (κ2) is 6.47. The maximum Gasteiger partial charge on any atom is 0.345 e. The van der Waals surface area contributed by atoms with Crippen molar-refractivity contribution in [1.82, 2.24) is 15.4 Å². The molecule has 2 rings (SSSR count). The summed E-state index contributed by atoms with van der Waals surface area (Å²) in [7, 11) is 1.57. The number of ether oxygens (including phenoxy) is 1. The molecule has 2 aromatic rings. The molecule has 1 aromatic carbocycles. The van der Waals surface area contributed by atoms with Crippen LogP contribution in [0, 0.1) is 6.92 Å². The summed E-state index contributed by atoms with van der Waals surface area (Å²) in [5, 5.41) is 3.82. The average Bonchev–Trinajstić information content (AvgIpc) is 2.46. The Bertz CT molecular complexity index is 737. The van der Waals surface area contributed by atoms with Gasteiger partial charge < -0.3 is 9.72 Å². The number of amides is 1. The first-order valence-electron chi connectivity index (χ1n) is 6.14. The third-order valence-electron chi connectivity index (χ3n) is 2.59. The lowest BCUT2D eigenvalue weighted by atomic mass is 10.2. The van der Waals surface area contributed by atoms with E-state index in [0.717, 1.165) is 5.56 Å². The molecule has 7 nitrogen and oxygen atoms in total. The first-order valence-corrected chi connectivity index (χ1v) is 6.14. The molecule has 1 heterocycles. The third kappa shape index (κ3) is 4.00. The van der Waals surface area contributed by atoms with E-state index in [0.29, 0.717) is 11.4 Å². The summed E-state index contributed by atoms with van der Waals surface area (Å²) >= 11 is 0. The van der Waals surface area contributed by atoms with Gasteiger partial charge in [-0.15, -0.1) is 0 Å². The molecule has 0 saturated heterocycles. The number of aromatic amines is 1. The zero-order valence-electron chi connectivity index (χ0n) is 11.6. The second-order valence-corrected chi connectivity index (χ2v) is 4.23. The Morgan fingerprint density at radius 2 is 2.24 bits per heavy atom. The summed E-state index contributed by atoms with van der Waals surface area (Å²) in [4.78, 5) is 29.0. The van der Waals surface area contributed by atoms with Crippen molar-refractivity contribution in [3.63, 3.8) is 0 Å². The second-order valence-electron chi connectivity index (χ2n) is 4.23. The van der Waals surface area contributed by atoms with Gasteiger partial charge in [-0.05, 0) is 30.7 Å². The fourth-order valence-electron chi connectivity index (χ4n) is 1.64. The van der Waals surface area contributed by atoms with Crippen molar-refractivity contribution in [2.45, 2.75) is 6.92 Å². The van der Waals surface area contributed by atoms with Gasteiger partial charge in [0.1, 0.15) is 11.4 Å². The number of H-pyrrole nitrogens is 1. The van der Waals surface area contributed by atoms with Crippen LogP contribution in [0.4, 0.5) is 0 Å². The number of hydrogen-bond acceptors (Lipinski definition) is 5. The van der Waals surface area contributed by atoms with Crippen molar-refractivity contribution in [3.8, 4) is 5.75 Å². The van der Waals surface area contributed by atoms with Crippen LogP contribution in [-0.2, 0) is 0 Å². The fraction of sp³-hybridized carbons (Fsp3) is 0.143. The molecular formula is C14H14N4O3. The summed E-state index contributed by atoms with van der Waals surface area (Å²) in [5.41, 5.74) is 3.08. The summed E-state index contributed by atoms with van der Waals surface area (Å²) in [6.45, 7) is 1.67. The van der Waals surface area contributed by atoms with Gasteiger partial charge in [-0.25, -0.2) is 10.2 Å². The standard InChI is InChI=1S/C14H14N4O3/c1-9-6-12(17-14(20)16-9)13(19)18-15-8-10-4-3-5-11(7-10)21-2/h3-8H,1-2H3,(H,18,19)(H,16,17,20)/b15-8+. The predicted octanol–water partition coefficient (Wildman–Crippen LogP) is 0.851. The smallest absolute Gasteiger partial charge is 0.345 e. The third-order valence-corrected chi connectivity index (χ3v) is 2.59. The summed E-state index contributed by atoms with van der Waals surface area (Å²) < 4.78 is 5.08. The maximum atomic E-state index is 11.8. The number of methoxy groups -OCH3 is 1. The fourth-order valence-corrected chi connectivity index (χ4v) is 1.64. The van der Waals surface area contributed by atoms with E-state index in [4.69, 9.17) is 4.74 Å². The van der Waals surface area contributed by atoms with Gasteiger partial charge in [0, 0.05) is 5.69 Å². The molecule has 0 fully saturated rings. The molecule has 0 unspecified atom stereocenters. The highest BCUT2D eigenvalue weighted by atomic mass is 16.5. The first-order chi connectivity index (χ1) is 10.1. The highest BCUT2D eigenvalue weighted by Gasteiger charge is 2.07. The molecule has 108 valence electrons. The van der Waals surface area contributed by atoms with Gasteiger partial charge in [0.25, 0.3) is 5.91 Å². The molecule has 0 bridgehead atoms. The zero-order valence-corrected chi connectivity index (χ0v) is 11.6. The van der Waals surface area contributed by atoms with E-state index in [9.17, 15) is 9.59 Å². The largest absolute Gasteiger partial charge is 0.497 e. The molecule has 0 aliphatic heterocycles. The Labute approximate surface area is 120 Å². The summed E-state index contributed by atoms with van der Waals surface area (Å²) in [5.74, 6) is 0.139. The average molecular weight is 286 g/mol. The van der Waals surface area contributed by atoms with Gasteiger partial charge in [0.05, 0.1) is 13.3 Å². The highest BCUT2D eigenvalue weighted by Crippen LogP contribution is 2.10. The molecule has 1 amide bonds. The lowest BCUT2D eigenvalue weighted by molar-refractivity contribution is 0.0949. The van der Waals surface area contributed by atoms with Gasteiger partial charge in [-0.1, -0.05) is 12.1 Å². The maximum absolute atomic E-state index is 11.8. The Morgan fingerprint density at radius 3 is 2.95 bits per heavy atom. The minimum atomic E-state index is -0.572. The van der Waals surface area contributed by atoms with Crippen LogP contribution in [0.1, 0.15) is 21.7 Å². The molecule has 2 N–H and O–H groups in total. The van der Waals surface area contributed by atoms with Crippen molar-refractivity contribution < 1.29 is 9.53 Å². The molecule has 1 aromatic heterocycles. The zero-order chi connectivity index (χ0) is 15.2. The van der Waals surface area contributed by atoms with Crippen LogP contribution in [0.25, 0.3) is 0 Å². The minimum absolute atomic E-state index is 0.0130. The molecule has 0 saturated carbocycles. The molecule has 0 spiro atoms. The number of carbonyl (C=O) groups excluding carboxylic acids is 1. The van der Waals surface area contributed by atoms with Crippen molar-refractivity contribution in [3.05, 3.63) is 57.8 Å². The van der Waals surface area contributed by atoms with Crippen LogP contribution in [0.5, 0.6) is 5.75 Å². The summed E-state index contributed by atoms with van der Waals surface area (Å²) in [6, 6.07) is 8.67. The Balaban J connectivity index is 2.06. The Kier molecular flexibility index (Phi) is 4.45. The SMILES string of the molecule is COc1cccc(/C=N/NC(=O)c2cc(C)[nH]c(=O)n2)c1. The van der Waals surface area contributed by atoms with E-state index in [1.54, 1.807) is 26.2 Å². The lowest BCUT2D eigenvalue weighted by Gasteiger charge is -2.01. The number of benzene rings is 1. The van der Waals surface area contributed by atoms with Gasteiger partial charge in [-0.3, -0.25) is 4.79 Å². The van der Waals surface area contributed by atoms with E-state index >= 15 is 0 Å². The topological polar surface area (TPSA) is 96.4 Å². The van der Waals surface area contributed by atoms with Crippen molar-refractivity contribution >= 4 is 12.1 Å². The molecule has 7 heteroatoms. The van der Waals surface area contributed by atoms with E-state index in [-0.39, 0.29) is 5.69 Å². The van der Waals surface area contributed by atoms with Crippen LogP contribution < -0.4 is 15.9 Å². The van der Waals surface area contributed by atoms with Crippen LogP contribution in [0.15, 0.2) is 40.2 Å². The minimum Gasteiger partial charge on any atom is -0.497 e. The molecule has 0 atom stereocenters. The van der Waals surface area contributed by atoms with Crippen LogP contribution >= 0.6 is 0 Å². The highest BCUT2D eigenvalue weighted by molar-refractivity contribution is 5.93. The number of hydrogen-bond donors (Lipinski definition) is 2. The number of nitrogens with zero attached hydrogens (tertiary/aromatic N) is 2. The quantitative estimate of drug-likeness (QED) is 0.643. The number of aryl methyl sites for hydroxylation is 1. The van der Waals surface area contributed by atoms with Crippen LogP contribution in [0.2, 0.25) is 0 Å². The lowest BCUT2D eigenvalue weighted by Crippen LogP contribution is -2.24. The summed E-state index contributed by atoms with van der Waals surface area (Å²) in [6.07, 6.45) is 1.47. The Morgan fingerprint density at radius 1 is 1.43 bits per heavy atom. The van der Waals surface area contributed by atoms with Crippen LogP contribution in [0.3, 0.4) is 0 Å². The van der Waals surface area contributed by atoms with Crippen molar-refractivity contribution in [2.75, 3.05) is 7.11 Å². The predicted molar refractivity (Wildman–Crippen MR) is 77.6 cm³/mol. The molecule has 0 aliphatic rings. The molecule has 0 aliphatic carbocycles. The number of hydrazone groups is 1. The number of aromatic nitrogens is 2. The Hall–Kier alpha value is -2.96. The van der Waals surface area contributed by atoms with E-state index in [2.05, 4.69) is 20.5 Å². The van der Waals surface area contributed by atoms with Crippen molar-refractivity contribution in [2.24, 2.45) is 5.10 Å². The molecule has 0 radical (unpaired) electrons. The van der Waals surface area contributed by atoms with Gasteiger partial charge in [0.2, 0.25) is 0 Å². The number of carbonyl (C=O) groups is 1. The van der Waals surface area contributed by atoms with Gasteiger partial charge in [-0.2, -0.15) is 10.1 Å².